The number of carbonyl (C=O) groups excluding carboxylic acids is 2. The Morgan fingerprint density at radius 1 is 0.417 bits per heavy atom. The van der Waals surface area contributed by atoms with Gasteiger partial charge in [-0.25, -0.2) is 0 Å². The predicted molar refractivity (Wildman–Crippen MR) is 71.8 cm³/mol. The van der Waals surface area contributed by atoms with Crippen LogP contribution in [-0.4, -0.2) is 11.6 Å². The van der Waals surface area contributed by atoms with Gasteiger partial charge in [-0.1, -0.05) is 0 Å². The minimum Gasteiger partial charge on any atom is -0.287 e. The van der Waals surface area contributed by atoms with Crippen LogP contribution in [0, 0.1) is 68.0 Å². The summed E-state index contributed by atoms with van der Waals surface area (Å²) in [4.78, 5) is 24.5. The van der Waals surface area contributed by atoms with E-state index >= 15 is 0 Å². The number of nitrogens with zero attached hydrogens (tertiary/aromatic N) is 6. The van der Waals surface area contributed by atoms with Crippen molar-refractivity contribution in [2.45, 2.75) is 0 Å². The van der Waals surface area contributed by atoms with Gasteiger partial charge >= 0.3 is 0 Å². The summed E-state index contributed by atoms with van der Waals surface area (Å²) >= 11 is 0. The number of hydrogen-bond donors (Lipinski definition) is 0. The van der Waals surface area contributed by atoms with Gasteiger partial charge in [0.15, 0.2) is 0 Å². The first-order chi connectivity index (χ1) is 11.5. The number of Topliss-reactive ketones (excluding diaryl/α,β-unsaturated/α-hetero) is 2. The van der Waals surface area contributed by atoms with Crippen LogP contribution in [0.1, 0.15) is 0 Å². The molecule has 0 radical (unpaired) electrons. The third-order valence-electron chi connectivity index (χ3n) is 3.33. The second kappa shape index (κ2) is 5.55. The molecule has 0 saturated heterocycles. The highest BCUT2D eigenvalue weighted by molar-refractivity contribution is 6.24. The molecule has 0 bridgehead atoms. The fourth-order valence-corrected chi connectivity index (χ4v) is 2.35. The van der Waals surface area contributed by atoms with Gasteiger partial charge in [0.1, 0.15) is 58.7 Å². The van der Waals surface area contributed by atoms with E-state index in [2.05, 4.69) is 0 Å². The number of nitriles is 6. The Morgan fingerprint density at radius 3 is 0.875 bits per heavy atom. The quantitative estimate of drug-likeness (QED) is 0.619. The Hall–Kier alpha value is -4.76. The highest BCUT2D eigenvalue weighted by Gasteiger charge is 2.42. The Morgan fingerprint density at radius 2 is 0.667 bits per heavy atom. The summed E-state index contributed by atoms with van der Waals surface area (Å²) in [5, 5.41) is 55.1. The lowest BCUT2D eigenvalue weighted by molar-refractivity contribution is -0.112. The highest BCUT2D eigenvalue weighted by atomic mass is 16.1. The summed E-state index contributed by atoms with van der Waals surface area (Å²) in [7, 11) is 0. The fraction of sp³-hybridized carbons (Fsp3) is 0. The molecule has 2 aliphatic rings. The maximum absolute atomic E-state index is 12.2. The van der Waals surface area contributed by atoms with Crippen molar-refractivity contribution < 1.29 is 9.59 Å². The zero-order chi connectivity index (χ0) is 18.0. The third-order valence-corrected chi connectivity index (χ3v) is 3.33. The topological polar surface area (TPSA) is 177 Å². The summed E-state index contributed by atoms with van der Waals surface area (Å²) in [6, 6.07) is 9.09. The SMILES string of the molecule is N#CC1=C(C#N)C2=C(C#N)C(=O)C(C#N)=C(C#N)C2=C(C#N)C1=O. The molecule has 0 fully saturated rings. The first kappa shape index (κ1) is 15.6. The number of carbonyl (C=O) groups is 2. The molecule has 8 heteroatoms. The summed E-state index contributed by atoms with van der Waals surface area (Å²) < 4.78 is 0. The first-order valence-corrected chi connectivity index (χ1v) is 6.00. The number of rotatable bonds is 0. The van der Waals surface area contributed by atoms with Crippen LogP contribution in [0.3, 0.4) is 0 Å². The van der Waals surface area contributed by atoms with E-state index in [0.717, 1.165) is 0 Å². The molecular formula is C16N6O2. The molecule has 8 nitrogen and oxygen atoms in total. The van der Waals surface area contributed by atoms with Crippen molar-refractivity contribution in [3.8, 4) is 36.4 Å². The van der Waals surface area contributed by atoms with Crippen LogP contribution in [0.5, 0.6) is 0 Å². The summed E-state index contributed by atoms with van der Waals surface area (Å²) in [6.45, 7) is 0. The van der Waals surface area contributed by atoms with Gasteiger partial charge in [0, 0.05) is 11.1 Å². The largest absolute Gasteiger partial charge is 0.287 e. The molecule has 0 saturated carbocycles. The van der Waals surface area contributed by atoms with Gasteiger partial charge in [0.05, 0.1) is 11.1 Å². The zero-order valence-electron chi connectivity index (χ0n) is 11.5. The van der Waals surface area contributed by atoms with Gasteiger partial charge in [0.2, 0.25) is 11.6 Å². The molecular weight excluding hydrogens is 308 g/mol. The summed E-state index contributed by atoms with van der Waals surface area (Å²) in [6.07, 6.45) is 0. The van der Waals surface area contributed by atoms with E-state index < -0.39 is 56.2 Å². The molecule has 0 aromatic carbocycles. The predicted octanol–water partition coefficient (Wildman–Crippen LogP) is 0.480. The van der Waals surface area contributed by atoms with Crippen molar-refractivity contribution >= 4 is 11.6 Å². The van der Waals surface area contributed by atoms with Crippen molar-refractivity contribution in [2.24, 2.45) is 0 Å². The number of hydrogen-bond acceptors (Lipinski definition) is 8. The number of fused-ring (bicyclic) bond motifs is 1. The van der Waals surface area contributed by atoms with E-state index in [9.17, 15) is 30.6 Å². The van der Waals surface area contributed by atoms with Gasteiger partial charge in [0.25, 0.3) is 0 Å². The van der Waals surface area contributed by atoms with Crippen molar-refractivity contribution in [3.63, 3.8) is 0 Å². The molecule has 0 aliphatic heterocycles. The molecule has 2 rings (SSSR count). The monoisotopic (exact) mass is 308 g/mol. The smallest absolute Gasteiger partial charge is 0.216 e. The van der Waals surface area contributed by atoms with Crippen molar-refractivity contribution in [3.05, 3.63) is 44.6 Å². The van der Waals surface area contributed by atoms with Crippen LogP contribution in [0.25, 0.3) is 0 Å². The molecule has 0 amide bonds. The average molecular weight is 308 g/mol. The minimum absolute atomic E-state index is 0.437. The lowest BCUT2D eigenvalue weighted by Gasteiger charge is -2.23. The van der Waals surface area contributed by atoms with Gasteiger partial charge in [-0.3, -0.25) is 9.59 Å². The molecule has 0 unspecified atom stereocenters. The standard InChI is InChI=1S/C16N6O2/c17-1-7-9(3-19)15(23)12(6-22)14-8(2-18)10(4-20)16(24)11(5-21)13(7)14. The molecule has 24 heavy (non-hydrogen) atoms. The second-order valence-corrected chi connectivity index (χ2v) is 4.33. The number of allylic oxidation sites excluding steroid dienone is 8. The molecule has 0 aromatic heterocycles. The molecule has 0 atom stereocenters. The van der Waals surface area contributed by atoms with Crippen molar-refractivity contribution in [2.75, 3.05) is 0 Å². The van der Waals surface area contributed by atoms with Crippen LogP contribution in [0.4, 0.5) is 0 Å². The molecule has 0 aromatic rings. The van der Waals surface area contributed by atoms with Crippen LogP contribution >= 0.6 is 0 Å². The third kappa shape index (κ3) is 1.73. The Kier molecular flexibility index (Phi) is 3.62. The molecule has 106 valence electrons. The van der Waals surface area contributed by atoms with Gasteiger partial charge in [-0.2, -0.15) is 31.6 Å². The summed E-state index contributed by atoms with van der Waals surface area (Å²) in [5.74, 6) is -2.21. The van der Waals surface area contributed by atoms with E-state index in [1.807, 2.05) is 0 Å². The van der Waals surface area contributed by atoms with Gasteiger partial charge in [-0.05, 0) is 0 Å². The molecule has 2 aliphatic carbocycles. The maximum atomic E-state index is 12.2. The van der Waals surface area contributed by atoms with Gasteiger partial charge < -0.3 is 0 Å². The Labute approximate surface area is 134 Å². The van der Waals surface area contributed by atoms with E-state index in [0.29, 0.717) is 0 Å². The minimum atomic E-state index is -1.10. The van der Waals surface area contributed by atoms with Crippen LogP contribution < -0.4 is 0 Å². The molecule has 0 N–H and O–H groups in total. The number of ketones is 2. The van der Waals surface area contributed by atoms with Crippen LogP contribution in [0.15, 0.2) is 44.6 Å². The second-order valence-electron chi connectivity index (χ2n) is 4.33. The van der Waals surface area contributed by atoms with E-state index in [1.165, 1.54) is 24.3 Å². The maximum Gasteiger partial charge on any atom is 0.216 e. The van der Waals surface area contributed by atoms with E-state index in [4.69, 9.17) is 10.5 Å². The van der Waals surface area contributed by atoms with Crippen molar-refractivity contribution in [1.29, 1.82) is 31.6 Å². The lowest BCUT2D eigenvalue weighted by atomic mass is 9.72. The molecule has 0 heterocycles. The highest BCUT2D eigenvalue weighted by Crippen LogP contribution is 2.42. The summed E-state index contributed by atoms with van der Waals surface area (Å²) in [5.41, 5.74) is -4.79. The van der Waals surface area contributed by atoms with Crippen LogP contribution in [0.2, 0.25) is 0 Å². The molecule has 0 spiro atoms. The van der Waals surface area contributed by atoms with Crippen molar-refractivity contribution in [1.82, 2.24) is 0 Å². The van der Waals surface area contributed by atoms with Crippen LogP contribution in [-0.2, 0) is 9.59 Å². The fourth-order valence-electron chi connectivity index (χ4n) is 2.35. The van der Waals surface area contributed by atoms with E-state index in [1.54, 1.807) is 12.1 Å². The lowest BCUT2D eigenvalue weighted by Crippen LogP contribution is -2.25. The normalized spacial score (nSPS) is 16.4. The van der Waals surface area contributed by atoms with E-state index in [-0.39, 0.29) is 0 Å². The Bertz CT molecular complexity index is 1040. The zero-order valence-corrected chi connectivity index (χ0v) is 11.5. The first-order valence-electron chi connectivity index (χ1n) is 6.00. The Balaban J connectivity index is 3.19. The average Bonchev–Trinajstić information content (AvgIpc) is 2.59. The van der Waals surface area contributed by atoms with Gasteiger partial charge in [-0.15, -0.1) is 0 Å².